The van der Waals surface area contributed by atoms with Gasteiger partial charge in [-0.15, -0.1) is 0 Å². The predicted molar refractivity (Wildman–Crippen MR) is 78.5 cm³/mol. The van der Waals surface area contributed by atoms with Gasteiger partial charge < -0.3 is 0 Å². The summed E-state index contributed by atoms with van der Waals surface area (Å²) in [5, 5.41) is 11.9. The first-order chi connectivity index (χ1) is 9.54. The van der Waals surface area contributed by atoms with E-state index in [9.17, 15) is 19.7 Å². The van der Waals surface area contributed by atoms with Gasteiger partial charge in [-0.1, -0.05) is 15.9 Å². The summed E-state index contributed by atoms with van der Waals surface area (Å²) in [5.41, 5.74) is -0.923. The second kappa shape index (κ2) is 6.00. The molecule has 2 aromatic rings. The zero-order chi connectivity index (χ0) is 14.7. The van der Waals surface area contributed by atoms with Crippen LogP contribution in [0.5, 0.6) is 0 Å². The molecule has 0 saturated heterocycles. The Bertz CT molecular complexity index is 765. The maximum absolute atomic E-state index is 11.9. The number of nitrogens with zero attached hydrogens (tertiary/aromatic N) is 2. The van der Waals surface area contributed by atoms with Crippen LogP contribution in [0, 0.1) is 10.1 Å². The summed E-state index contributed by atoms with van der Waals surface area (Å²) in [6.07, 6.45) is 1.59. The fraction of sp³-hybridized carbons (Fsp3) is 0.333. The minimum Gasteiger partial charge on any atom is -0.293 e. The summed E-state index contributed by atoms with van der Waals surface area (Å²) in [4.78, 5) is 36.1. The molecule has 0 bridgehead atoms. The number of benzene rings is 1. The van der Waals surface area contributed by atoms with Crippen molar-refractivity contribution in [2.75, 3.05) is 5.33 Å². The molecule has 1 heterocycles. The number of hydrogen-bond acceptors (Lipinski definition) is 4. The third-order valence-electron chi connectivity index (χ3n) is 2.96. The van der Waals surface area contributed by atoms with Crippen LogP contribution in [0.15, 0.2) is 27.8 Å². The molecule has 0 unspecified atom stereocenters. The summed E-state index contributed by atoms with van der Waals surface area (Å²) < 4.78 is 1.37. The van der Waals surface area contributed by atoms with Gasteiger partial charge in [0.1, 0.15) is 0 Å². The number of nitrogens with one attached hydrogen (secondary N) is 1. The van der Waals surface area contributed by atoms with E-state index in [4.69, 9.17) is 0 Å². The van der Waals surface area contributed by atoms with E-state index in [2.05, 4.69) is 20.9 Å². The normalized spacial score (nSPS) is 10.8. The fourth-order valence-corrected chi connectivity index (χ4v) is 2.37. The number of H-pyrrole nitrogens is 1. The number of aromatic nitrogens is 2. The average molecular weight is 342 g/mol. The highest BCUT2D eigenvalue weighted by Gasteiger charge is 2.12. The van der Waals surface area contributed by atoms with Crippen LogP contribution < -0.4 is 11.2 Å². The SMILES string of the molecule is O=c1[nH]c(=O)n(CCCCBr)c2cc([N+](=O)[O-])ccc12. The largest absolute Gasteiger partial charge is 0.328 e. The molecule has 0 aliphatic rings. The zero-order valence-electron chi connectivity index (χ0n) is 10.5. The third kappa shape index (κ3) is 2.79. The Labute approximate surface area is 121 Å². The van der Waals surface area contributed by atoms with Crippen LogP contribution in [-0.2, 0) is 6.54 Å². The first kappa shape index (κ1) is 14.4. The lowest BCUT2D eigenvalue weighted by atomic mass is 10.2. The first-order valence-corrected chi connectivity index (χ1v) is 7.14. The standard InChI is InChI=1S/C12H12BrN3O4/c13-5-1-2-6-15-10-7-8(16(19)20)3-4-9(10)11(17)14-12(15)18/h3-4,7H,1-2,5-6H2,(H,14,17,18). The van der Waals surface area contributed by atoms with Crippen molar-refractivity contribution in [1.82, 2.24) is 9.55 Å². The number of nitro groups is 1. The van der Waals surface area contributed by atoms with E-state index < -0.39 is 16.2 Å². The van der Waals surface area contributed by atoms with Crippen molar-refractivity contribution in [2.45, 2.75) is 19.4 Å². The fourth-order valence-electron chi connectivity index (χ4n) is 1.98. The molecule has 106 valence electrons. The molecule has 0 saturated carbocycles. The van der Waals surface area contributed by atoms with Gasteiger partial charge in [0.15, 0.2) is 0 Å². The molecule has 1 N–H and O–H groups in total. The Kier molecular flexibility index (Phi) is 4.33. The summed E-state index contributed by atoms with van der Waals surface area (Å²) in [5.74, 6) is 0. The minimum atomic E-state index is -0.548. The topological polar surface area (TPSA) is 98.0 Å². The van der Waals surface area contributed by atoms with E-state index in [1.807, 2.05) is 0 Å². The van der Waals surface area contributed by atoms with Crippen molar-refractivity contribution in [3.63, 3.8) is 0 Å². The molecule has 2 rings (SSSR count). The van der Waals surface area contributed by atoms with Crippen LogP contribution in [-0.4, -0.2) is 19.8 Å². The Morgan fingerprint density at radius 3 is 2.70 bits per heavy atom. The molecule has 0 amide bonds. The van der Waals surface area contributed by atoms with Crippen LogP contribution in [0.2, 0.25) is 0 Å². The molecular formula is C12H12BrN3O4. The van der Waals surface area contributed by atoms with Crippen LogP contribution in [0.25, 0.3) is 10.9 Å². The second-order valence-corrected chi connectivity index (χ2v) is 5.06. The van der Waals surface area contributed by atoms with Gasteiger partial charge in [-0.05, 0) is 18.9 Å². The molecule has 20 heavy (non-hydrogen) atoms. The van der Waals surface area contributed by atoms with E-state index in [0.717, 1.165) is 18.2 Å². The molecule has 1 aromatic carbocycles. The number of hydrogen-bond donors (Lipinski definition) is 1. The summed E-state index contributed by atoms with van der Waals surface area (Å²) >= 11 is 3.30. The van der Waals surface area contributed by atoms with Crippen molar-refractivity contribution in [1.29, 1.82) is 0 Å². The van der Waals surface area contributed by atoms with E-state index in [1.54, 1.807) is 0 Å². The second-order valence-electron chi connectivity index (χ2n) is 4.27. The smallest absolute Gasteiger partial charge is 0.293 e. The summed E-state index contributed by atoms with van der Waals surface area (Å²) in [6.45, 7) is 0.402. The molecule has 0 radical (unpaired) electrons. The maximum Gasteiger partial charge on any atom is 0.328 e. The lowest BCUT2D eigenvalue weighted by Gasteiger charge is -2.08. The molecule has 8 heteroatoms. The summed E-state index contributed by atoms with van der Waals surface area (Å²) in [6, 6.07) is 3.89. The highest BCUT2D eigenvalue weighted by molar-refractivity contribution is 9.09. The number of nitro benzene ring substituents is 1. The monoisotopic (exact) mass is 341 g/mol. The van der Waals surface area contributed by atoms with Crippen LogP contribution in [0.1, 0.15) is 12.8 Å². The number of fused-ring (bicyclic) bond motifs is 1. The molecule has 0 aliphatic heterocycles. The van der Waals surface area contributed by atoms with E-state index in [-0.39, 0.29) is 11.1 Å². The minimum absolute atomic E-state index is 0.142. The lowest BCUT2D eigenvalue weighted by molar-refractivity contribution is -0.384. The maximum atomic E-state index is 11.9. The van der Waals surface area contributed by atoms with Gasteiger partial charge in [0, 0.05) is 24.0 Å². The van der Waals surface area contributed by atoms with Crippen LogP contribution >= 0.6 is 15.9 Å². The van der Waals surface area contributed by atoms with Gasteiger partial charge in [-0.2, -0.15) is 0 Å². The van der Waals surface area contributed by atoms with Gasteiger partial charge >= 0.3 is 5.69 Å². The van der Waals surface area contributed by atoms with Crippen molar-refractivity contribution in [2.24, 2.45) is 0 Å². The first-order valence-electron chi connectivity index (χ1n) is 6.02. The number of aryl methyl sites for hydroxylation is 1. The zero-order valence-corrected chi connectivity index (χ0v) is 12.1. The highest BCUT2D eigenvalue weighted by atomic mass is 79.9. The third-order valence-corrected chi connectivity index (χ3v) is 3.52. The Morgan fingerprint density at radius 1 is 1.30 bits per heavy atom. The van der Waals surface area contributed by atoms with Gasteiger partial charge in [0.05, 0.1) is 15.8 Å². The molecule has 0 fully saturated rings. The van der Waals surface area contributed by atoms with E-state index >= 15 is 0 Å². The van der Waals surface area contributed by atoms with Crippen molar-refractivity contribution >= 4 is 32.5 Å². The summed E-state index contributed by atoms with van der Waals surface area (Å²) in [7, 11) is 0. The van der Waals surface area contributed by atoms with Gasteiger partial charge in [-0.3, -0.25) is 24.5 Å². The van der Waals surface area contributed by atoms with E-state index in [1.165, 1.54) is 22.8 Å². The number of aromatic amines is 1. The van der Waals surface area contributed by atoms with Crippen molar-refractivity contribution in [3.05, 3.63) is 49.2 Å². The highest BCUT2D eigenvalue weighted by Crippen LogP contribution is 2.17. The van der Waals surface area contributed by atoms with Crippen LogP contribution in [0.3, 0.4) is 0 Å². The number of alkyl halides is 1. The Balaban J connectivity index is 2.64. The number of halogens is 1. The Hall–Kier alpha value is -1.96. The predicted octanol–water partition coefficient (Wildman–Crippen LogP) is 1.77. The molecule has 7 nitrogen and oxygen atoms in total. The molecule has 1 aromatic heterocycles. The molecular weight excluding hydrogens is 330 g/mol. The quantitative estimate of drug-likeness (QED) is 0.387. The van der Waals surface area contributed by atoms with Crippen LogP contribution in [0.4, 0.5) is 5.69 Å². The number of non-ortho nitro benzene ring substituents is 1. The van der Waals surface area contributed by atoms with Gasteiger partial charge in [0.25, 0.3) is 11.2 Å². The van der Waals surface area contributed by atoms with Gasteiger partial charge in [-0.25, -0.2) is 4.79 Å². The Morgan fingerprint density at radius 2 is 2.05 bits per heavy atom. The number of rotatable bonds is 5. The molecule has 0 spiro atoms. The van der Waals surface area contributed by atoms with Crippen molar-refractivity contribution in [3.8, 4) is 0 Å². The van der Waals surface area contributed by atoms with Crippen molar-refractivity contribution < 1.29 is 4.92 Å². The van der Waals surface area contributed by atoms with E-state index in [0.29, 0.717) is 12.1 Å². The number of unbranched alkanes of at least 4 members (excludes halogenated alkanes) is 1. The molecule has 0 aliphatic carbocycles. The molecule has 0 atom stereocenters. The lowest BCUT2D eigenvalue weighted by Crippen LogP contribution is -2.30. The average Bonchev–Trinajstić information content (AvgIpc) is 2.41. The van der Waals surface area contributed by atoms with Gasteiger partial charge in [0.2, 0.25) is 0 Å².